The molecule has 3 N–H and O–H groups in total. The Hall–Kier alpha value is -2.33. The Bertz CT molecular complexity index is 1340. The predicted octanol–water partition coefficient (Wildman–Crippen LogP) is 5.20. The van der Waals surface area contributed by atoms with Crippen molar-refractivity contribution in [1.82, 2.24) is 29.5 Å². The van der Waals surface area contributed by atoms with Crippen molar-refractivity contribution >= 4 is 33.6 Å². The molecule has 11 nitrogen and oxygen atoms in total. The first kappa shape index (κ1) is 30.6. The number of nitrogens with one attached hydrogen (secondary N) is 3. The van der Waals surface area contributed by atoms with Crippen molar-refractivity contribution in [3.8, 4) is 0 Å². The van der Waals surface area contributed by atoms with Crippen LogP contribution >= 0.6 is 0 Å². The van der Waals surface area contributed by atoms with Crippen LogP contribution in [0.2, 0.25) is 36.3 Å². The predicted molar refractivity (Wildman–Crippen MR) is 163 cm³/mol. The highest BCUT2D eigenvalue weighted by Crippen LogP contribution is 2.43. The van der Waals surface area contributed by atoms with Gasteiger partial charge in [-0.25, -0.2) is 14.8 Å². The van der Waals surface area contributed by atoms with Gasteiger partial charge >= 0.3 is 5.69 Å². The van der Waals surface area contributed by atoms with Crippen LogP contribution < -0.4 is 11.0 Å². The topological polar surface area (TPSA) is 132 Å². The van der Waals surface area contributed by atoms with Gasteiger partial charge in [0.25, 0.3) is 0 Å². The summed E-state index contributed by atoms with van der Waals surface area (Å²) in [7, 11) is -4.08. The first-order chi connectivity index (χ1) is 18.5. The van der Waals surface area contributed by atoms with Crippen LogP contribution in [0.3, 0.4) is 0 Å². The molecule has 4 rings (SSSR count). The Labute approximate surface area is 239 Å². The summed E-state index contributed by atoms with van der Waals surface area (Å²) in [4.78, 5) is 31.4. The van der Waals surface area contributed by atoms with Gasteiger partial charge < -0.3 is 23.9 Å². The Morgan fingerprint density at radius 2 is 1.82 bits per heavy atom. The fourth-order valence-corrected chi connectivity index (χ4v) is 6.59. The van der Waals surface area contributed by atoms with Gasteiger partial charge in [-0.2, -0.15) is 4.98 Å². The number of hydrogen-bond acceptors (Lipinski definition) is 8. The molecule has 0 aromatic carbocycles. The maximum absolute atomic E-state index is 12.6. The molecule has 0 amide bonds. The van der Waals surface area contributed by atoms with E-state index < -0.39 is 22.3 Å². The van der Waals surface area contributed by atoms with Crippen LogP contribution in [-0.2, 0) is 20.0 Å². The number of aromatic nitrogens is 6. The van der Waals surface area contributed by atoms with E-state index in [2.05, 4.69) is 98.0 Å². The van der Waals surface area contributed by atoms with E-state index in [1.165, 1.54) is 0 Å². The van der Waals surface area contributed by atoms with Crippen LogP contribution in [-0.4, -0.2) is 71.5 Å². The highest BCUT2D eigenvalue weighted by atomic mass is 28.4. The van der Waals surface area contributed by atoms with Gasteiger partial charge in [-0.05, 0) is 36.3 Å². The number of ether oxygens (including phenoxy) is 1. The third kappa shape index (κ3) is 6.59. The molecule has 0 saturated carbocycles. The van der Waals surface area contributed by atoms with E-state index in [9.17, 15) is 4.79 Å². The highest BCUT2D eigenvalue weighted by molar-refractivity contribution is 6.74. The molecule has 4 heterocycles. The van der Waals surface area contributed by atoms with Crippen molar-refractivity contribution in [2.45, 2.75) is 109 Å². The number of H-pyrrole nitrogens is 2. The summed E-state index contributed by atoms with van der Waals surface area (Å²) < 4.78 is 22.0. The number of nitrogens with zero attached hydrogens (tertiary/aromatic N) is 4. The second-order valence-corrected chi connectivity index (χ2v) is 23.4. The summed E-state index contributed by atoms with van der Waals surface area (Å²) in [6, 6.07) is 0. The molecule has 0 aliphatic carbocycles. The minimum atomic E-state index is -2.08. The summed E-state index contributed by atoms with van der Waals surface area (Å²) in [5, 5.41) is 3.44. The molecule has 222 valence electrons. The van der Waals surface area contributed by atoms with Crippen molar-refractivity contribution in [1.29, 1.82) is 0 Å². The van der Waals surface area contributed by atoms with Crippen molar-refractivity contribution in [3.63, 3.8) is 0 Å². The number of rotatable bonds is 10. The molecule has 3 aromatic rings. The SMILES string of the molecule is CC(C)(C)[Si](C)(C)OC[C@H]1O[C@@H](n2cnc3c(NCCc4cnc[nH]4)[nH]c(=O)nc32)C[C@@H]1O[Si](C)(C)C(C)(C)C. The largest absolute Gasteiger partial charge is 0.414 e. The molecule has 1 aliphatic heterocycles. The van der Waals surface area contributed by atoms with Crippen molar-refractivity contribution in [2.24, 2.45) is 0 Å². The Morgan fingerprint density at radius 3 is 2.45 bits per heavy atom. The summed E-state index contributed by atoms with van der Waals surface area (Å²) in [5.41, 5.74) is 1.64. The minimum absolute atomic E-state index is 0.0588. The second kappa shape index (κ2) is 11.2. The van der Waals surface area contributed by atoms with Gasteiger partial charge in [0, 0.05) is 31.3 Å². The van der Waals surface area contributed by atoms with Gasteiger partial charge in [-0.1, -0.05) is 41.5 Å². The van der Waals surface area contributed by atoms with Crippen LogP contribution in [0.1, 0.15) is 59.9 Å². The van der Waals surface area contributed by atoms with Crippen molar-refractivity contribution in [3.05, 3.63) is 35.0 Å². The Morgan fingerprint density at radius 1 is 1.12 bits per heavy atom. The third-order valence-electron chi connectivity index (χ3n) is 8.85. The smallest absolute Gasteiger partial charge is 0.348 e. The molecule has 40 heavy (non-hydrogen) atoms. The number of imidazole rings is 2. The average Bonchev–Trinajstić information content (AvgIpc) is 3.56. The standard InChI is InChI=1S/C27H47N7O4Si2/c1-26(2,3)39(7,8)36-15-20-19(38-40(9,10)27(4,5)6)13-21(37-20)34-17-31-22-23(32-25(35)33-24(22)34)29-12-11-18-14-28-16-30-18/h14,16-17,19-21H,11-13,15H2,1-10H3,(H,28,30)(H2,29,32,33,35)/t19-,20+,21+/m0/s1. The molecule has 1 fully saturated rings. The fourth-order valence-electron chi connectivity index (χ4n) is 4.22. The molecule has 0 spiro atoms. The maximum atomic E-state index is 12.6. The van der Waals surface area contributed by atoms with Crippen LogP contribution in [0.4, 0.5) is 5.82 Å². The van der Waals surface area contributed by atoms with Crippen molar-refractivity contribution < 1.29 is 13.6 Å². The molecule has 3 atom stereocenters. The summed E-state index contributed by atoms with van der Waals surface area (Å²) in [6.07, 6.45) is 5.74. The van der Waals surface area contributed by atoms with Crippen LogP contribution in [0.15, 0.2) is 23.6 Å². The maximum Gasteiger partial charge on any atom is 0.348 e. The number of aromatic amines is 2. The van der Waals surface area contributed by atoms with Gasteiger partial charge in [0.1, 0.15) is 23.7 Å². The lowest BCUT2D eigenvalue weighted by atomic mass is 10.2. The number of hydrogen-bond donors (Lipinski definition) is 3. The summed E-state index contributed by atoms with van der Waals surface area (Å²) in [5.74, 6) is 0.540. The fraction of sp³-hybridized carbons (Fsp3) is 0.704. The van der Waals surface area contributed by atoms with E-state index in [-0.39, 0.29) is 28.5 Å². The monoisotopic (exact) mass is 589 g/mol. The molecule has 13 heteroatoms. The van der Waals surface area contributed by atoms with Crippen LogP contribution in [0, 0.1) is 0 Å². The quantitative estimate of drug-likeness (QED) is 0.275. The lowest BCUT2D eigenvalue weighted by molar-refractivity contribution is -0.0383. The van der Waals surface area contributed by atoms with E-state index in [1.54, 1.807) is 18.9 Å². The van der Waals surface area contributed by atoms with E-state index >= 15 is 0 Å². The van der Waals surface area contributed by atoms with Crippen LogP contribution in [0.25, 0.3) is 11.2 Å². The zero-order valence-corrected chi connectivity index (χ0v) is 27.7. The summed E-state index contributed by atoms with van der Waals surface area (Å²) >= 11 is 0. The molecule has 0 radical (unpaired) electrons. The lowest BCUT2D eigenvalue weighted by Gasteiger charge is -2.40. The van der Waals surface area contributed by atoms with Gasteiger partial charge in [0.05, 0.1) is 25.4 Å². The number of anilines is 1. The summed E-state index contributed by atoms with van der Waals surface area (Å²) in [6.45, 7) is 23.5. The zero-order valence-electron chi connectivity index (χ0n) is 25.7. The number of fused-ring (bicyclic) bond motifs is 1. The van der Waals surface area contributed by atoms with Gasteiger partial charge in [-0.15, -0.1) is 0 Å². The Kier molecular flexibility index (Phi) is 8.54. The minimum Gasteiger partial charge on any atom is -0.414 e. The lowest BCUT2D eigenvalue weighted by Crippen LogP contribution is -2.48. The van der Waals surface area contributed by atoms with E-state index in [0.717, 1.165) is 12.1 Å². The molecule has 3 aromatic heterocycles. The van der Waals surface area contributed by atoms with Gasteiger partial charge in [-0.3, -0.25) is 9.55 Å². The normalized spacial score (nSPS) is 20.9. The first-order valence-electron chi connectivity index (χ1n) is 14.1. The molecule has 1 aliphatic rings. The average molecular weight is 590 g/mol. The van der Waals surface area contributed by atoms with E-state index in [4.69, 9.17) is 13.6 Å². The molecule has 0 bridgehead atoms. The van der Waals surface area contributed by atoms with Gasteiger partial charge in [0.15, 0.2) is 22.3 Å². The zero-order chi connectivity index (χ0) is 29.5. The molecule has 0 unspecified atom stereocenters. The van der Waals surface area contributed by atoms with Crippen LogP contribution in [0.5, 0.6) is 0 Å². The van der Waals surface area contributed by atoms with Gasteiger partial charge in [0.2, 0.25) is 0 Å². The molecule has 1 saturated heterocycles. The molecular weight excluding hydrogens is 543 g/mol. The Balaban J connectivity index is 1.58. The van der Waals surface area contributed by atoms with E-state index in [1.807, 2.05) is 4.57 Å². The van der Waals surface area contributed by atoms with Crippen molar-refractivity contribution in [2.75, 3.05) is 18.5 Å². The highest BCUT2D eigenvalue weighted by Gasteiger charge is 2.47. The first-order valence-corrected chi connectivity index (χ1v) is 20.0. The second-order valence-electron chi connectivity index (χ2n) is 13.8. The molecular formula is C27H47N7O4Si2. The van der Waals surface area contributed by atoms with E-state index in [0.29, 0.717) is 36.6 Å². The third-order valence-corrected chi connectivity index (χ3v) is 17.9.